The number of aryl methyl sites for hydroxylation is 2. The molecule has 4 rings (SSSR count). The zero-order valence-electron chi connectivity index (χ0n) is 12.5. The zero-order chi connectivity index (χ0) is 15.1. The Kier molecular flexibility index (Phi) is 3.22. The summed E-state index contributed by atoms with van der Waals surface area (Å²) < 4.78 is 4.14. The fourth-order valence-corrected chi connectivity index (χ4v) is 3.28. The van der Waals surface area contributed by atoms with Crippen molar-refractivity contribution in [3.63, 3.8) is 0 Å². The summed E-state index contributed by atoms with van der Waals surface area (Å²) in [7, 11) is 0. The minimum atomic E-state index is -0.425. The van der Waals surface area contributed by atoms with E-state index in [-0.39, 0.29) is 0 Å². The number of imidazole rings is 1. The highest BCUT2D eigenvalue weighted by molar-refractivity contribution is 5.92. The Bertz CT molecular complexity index is 673. The molecule has 0 radical (unpaired) electrons. The van der Waals surface area contributed by atoms with Crippen molar-refractivity contribution < 1.29 is 4.79 Å². The first-order valence-electron chi connectivity index (χ1n) is 7.80. The number of hydrogen-bond acceptors (Lipinski definition) is 4. The molecule has 2 aromatic rings. The largest absolute Gasteiger partial charge is 0.366 e. The predicted molar refractivity (Wildman–Crippen MR) is 80.2 cm³/mol. The minimum Gasteiger partial charge on any atom is -0.366 e. The lowest BCUT2D eigenvalue weighted by Crippen LogP contribution is -2.47. The lowest BCUT2D eigenvalue weighted by Gasteiger charge is -2.38. The summed E-state index contributed by atoms with van der Waals surface area (Å²) in [4.78, 5) is 18.2. The van der Waals surface area contributed by atoms with Crippen LogP contribution in [0, 0.1) is 0 Å². The summed E-state index contributed by atoms with van der Waals surface area (Å²) in [5.41, 5.74) is 6.88. The Labute approximate surface area is 128 Å². The van der Waals surface area contributed by atoms with Crippen LogP contribution in [-0.4, -0.2) is 43.2 Å². The van der Waals surface area contributed by atoms with E-state index in [1.807, 2.05) is 4.68 Å². The molecule has 1 fully saturated rings. The molecule has 4 heterocycles. The number of aromatic nitrogens is 4. The molecule has 0 aromatic carbocycles. The van der Waals surface area contributed by atoms with Gasteiger partial charge in [0, 0.05) is 45.0 Å². The van der Waals surface area contributed by atoms with Crippen LogP contribution in [0.1, 0.15) is 40.8 Å². The number of amides is 1. The van der Waals surface area contributed by atoms with Crippen molar-refractivity contribution in [2.75, 3.05) is 13.1 Å². The fourth-order valence-electron chi connectivity index (χ4n) is 3.28. The number of hydrogen-bond donors (Lipinski definition) is 1. The number of rotatable bonds is 4. The maximum absolute atomic E-state index is 11.1. The first kappa shape index (κ1) is 13.5. The van der Waals surface area contributed by atoms with E-state index in [1.54, 1.807) is 6.20 Å². The van der Waals surface area contributed by atoms with Crippen molar-refractivity contribution in [1.29, 1.82) is 0 Å². The average Bonchev–Trinajstić information content (AvgIpc) is 3.08. The zero-order valence-corrected chi connectivity index (χ0v) is 12.5. The highest BCUT2D eigenvalue weighted by atomic mass is 16.1. The second kappa shape index (κ2) is 5.24. The average molecular weight is 300 g/mol. The molecule has 2 N–H and O–H groups in total. The van der Waals surface area contributed by atoms with Crippen molar-refractivity contribution in [2.24, 2.45) is 5.73 Å². The molecule has 2 aliphatic heterocycles. The van der Waals surface area contributed by atoms with E-state index in [2.05, 4.69) is 20.8 Å². The summed E-state index contributed by atoms with van der Waals surface area (Å²) in [6, 6.07) is 0.324. The van der Waals surface area contributed by atoms with Crippen LogP contribution >= 0.6 is 0 Å². The molecule has 7 heteroatoms. The predicted octanol–water partition coefficient (Wildman–Crippen LogP) is 0.572. The Morgan fingerprint density at radius 3 is 2.91 bits per heavy atom. The number of carbonyl (C=O) groups is 1. The van der Waals surface area contributed by atoms with E-state index in [0.29, 0.717) is 11.6 Å². The summed E-state index contributed by atoms with van der Waals surface area (Å²) in [6.07, 6.45) is 9.08. The smallest absolute Gasteiger partial charge is 0.251 e. The SMILES string of the molecule is NC(=O)c1cnn(C2CN(Cc3cn4c(n3)CCCC4)C2)c1. The van der Waals surface area contributed by atoms with Gasteiger partial charge in [-0.2, -0.15) is 5.10 Å². The van der Waals surface area contributed by atoms with E-state index in [1.165, 1.54) is 24.9 Å². The molecular weight excluding hydrogens is 280 g/mol. The van der Waals surface area contributed by atoms with Crippen molar-refractivity contribution in [3.05, 3.63) is 35.7 Å². The summed E-state index contributed by atoms with van der Waals surface area (Å²) in [6.45, 7) is 3.86. The molecule has 2 aliphatic rings. The number of fused-ring (bicyclic) bond motifs is 1. The third-order valence-electron chi connectivity index (χ3n) is 4.54. The van der Waals surface area contributed by atoms with E-state index in [0.717, 1.165) is 38.3 Å². The molecule has 0 spiro atoms. The van der Waals surface area contributed by atoms with Crippen LogP contribution < -0.4 is 5.73 Å². The highest BCUT2D eigenvalue weighted by Gasteiger charge is 2.29. The Morgan fingerprint density at radius 2 is 2.18 bits per heavy atom. The van der Waals surface area contributed by atoms with E-state index >= 15 is 0 Å². The lowest BCUT2D eigenvalue weighted by atomic mass is 10.1. The van der Waals surface area contributed by atoms with Crippen LogP contribution in [0.2, 0.25) is 0 Å². The molecule has 116 valence electrons. The van der Waals surface area contributed by atoms with Gasteiger partial charge in [0.25, 0.3) is 5.91 Å². The quantitative estimate of drug-likeness (QED) is 0.895. The van der Waals surface area contributed by atoms with Gasteiger partial charge in [-0.15, -0.1) is 0 Å². The second-order valence-electron chi connectivity index (χ2n) is 6.22. The van der Waals surface area contributed by atoms with Gasteiger partial charge in [0.15, 0.2) is 0 Å². The van der Waals surface area contributed by atoms with Crippen molar-refractivity contribution in [2.45, 2.75) is 38.4 Å². The Balaban J connectivity index is 1.35. The van der Waals surface area contributed by atoms with Gasteiger partial charge in [-0.1, -0.05) is 0 Å². The topological polar surface area (TPSA) is 82.0 Å². The maximum Gasteiger partial charge on any atom is 0.251 e. The standard InChI is InChI=1S/C15H20N6O/c16-15(22)11-5-17-21(6-11)13-9-19(10-13)7-12-8-20-4-2-1-3-14(20)18-12/h5-6,8,13H,1-4,7,9-10H2,(H2,16,22). The van der Waals surface area contributed by atoms with Crippen molar-refractivity contribution in [3.8, 4) is 0 Å². The van der Waals surface area contributed by atoms with E-state index in [9.17, 15) is 4.79 Å². The van der Waals surface area contributed by atoms with Crippen LogP contribution in [-0.2, 0) is 19.5 Å². The molecule has 1 saturated heterocycles. The van der Waals surface area contributed by atoms with E-state index in [4.69, 9.17) is 10.7 Å². The van der Waals surface area contributed by atoms with Gasteiger partial charge in [0.1, 0.15) is 5.82 Å². The molecule has 7 nitrogen and oxygen atoms in total. The highest BCUT2D eigenvalue weighted by Crippen LogP contribution is 2.23. The Hall–Kier alpha value is -2.15. The molecular formula is C15H20N6O. The summed E-state index contributed by atoms with van der Waals surface area (Å²) >= 11 is 0. The van der Waals surface area contributed by atoms with Gasteiger partial charge < -0.3 is 10.3 Å². The van der Waals surface area contributed by atoms with Crippen LogP contribution in [0.15, 0.2) is 18.6 Å². The normalized spacial score (nSPS) is 18.9. The number of nitrogens with zero attached hydrogens (tertiary/aromatic N) is 5. The van der Waals surface area contributed by atoms with Gasteiger partial charge in [-0.3, -0.25) is 14.4 Å². The summed E-state index contributed by atoms with van der Waals surface area (Å²) in [5, 5.41) is 4.22. The van der Waals surface area contributed by atoms with Crippen molar-refractivity contribution in [1.82, 2.24) is 24.2 Å². The van der Waals surface area contributed by atoms with E-state index < -0.39 is 5.91 Å². The number of carbonyl (C=O) groups excluding carboxylic acids is 1. The fraction of sp³-hybridized carbons (Fsp3) is 0.533. The third-order valence-corrected chi connectivity index (χ3v) is 4.54. The minimum absolute atomic E-state index is 0.324. The Morgan fingerprint density at radius 1 is 1.32 bits per heavy atom. The maximum atomic E-state index is 11.1. The van der Waals surface area contributed by atoms with Crippen LogP contribution in [0.5, 0.6) is 0 Å². The summed E-state index contributed by atoms with van der Waals surface area (Å²) in [5.74, 6) is 0.808. The molecule has 2 aromatic heterocycles. The first-order chi connectivity index (χ1) is 10.7. The molecule has 0 aliphatic carbocycles. The van der Waals surface area contributed by atoms with Gasteiger partial charge in [-0.25, -0.2) is 4.98 Å². The van der Waals surface area contributed by atoms with Crippen LogP contribution in [0.3, 0.4) is 0 Å². The van der Waals surface area contributed by atoms with Crippen molar-refractivity contribution >= 4 is 5.91 Å². The van der Waals surface area contributed by atoms with Crippen LogP contribution in [0.25, 0.3) is 0 Å². The second-order valence-corrected chi connectivity index (χ2v) is 6.22. The molecule has 0 bridgehead atoms. The number of likely N-dealkylation sites (tertiary alicyclic amines) is 1. The monoisotopic (exact) mass is 300 g/mol. The van der Waals surface area contributed by atoms with Gasteiger partial charge in [-0.05, 0) is 12.8 Å². The molecule has 0 saturated carbocycles. The van der Waals surface area contributed by atoms with Gasteiger partial charge >= 0.3 is 0 Å². The van der Waals surface area contributed by atoms with Gasteiger partial charge in [0.05, 0.1) is 23.5 Å². The molecule has 22 heavy (non-hydrogen) atoms. The molecule has 0 atom stereocenters. The molecule has 0 unspecified atom stereocenters. The first-order valence-corrected chi connectivity index (χ1v) is 7.80. The third kappa shape index (κ3) is 2.41. The molecule has 1 amide bonds. The van der Waals surface area contributed by atoms with Gasteiger partial charge in [0.2, 0.25) is 0 Å². The van der Waals surface area contributed by atoms with Crippen LogP contribution in [0.4, 0.5) is 0 Å². The number of primary amides is 1. The lowest BCUT2D eigenvalue weighted by molar-refractivity contribution is 0.0894. The number of nitrogens with two attached hydrogens (primary N) is 1.